The number of amides is 1. The number of nitriles is 1. The predicted molar refractivity (Wildman–Crippen MR) is 81.5 cm³/mol. The van der Waals surface area contributed by atoms with Crippen LogP contribution >= 0.6 is 0 Å². The van der Waals surface area contributed by atoms with Crippen LogP contribution in [-0.2, 0) is 4.79 Å². The molecular weight excluding hydrogens is 266 g/mol. The van der Waals surface area contributed by atoms with Gasteiger partial charge in [-0.1, -0.05) is 12.1 Å². The predicted octanol–water partition coefficient (Wildman–Crippen LogP) is 1.49. The summed E-state index contributed by atoms with van der Waals surface area (Å²) < 4.78 is 0. The molecule has 0 saturated heterocycles. The number of nitrogens with one attached hydrogen (secondary N) is 2. The van der Waals surface area contributed by atoms with Gasteiger partial charge in [0, 0.05) is 25.0 Å². The van der Waals surface area contributed by atoms with Gasteiger partial charge in [0.2, 0.25) is 5.91 Å². The van der Waals surface area contributed by atoms with Gasteiger partial charge in [-0.15, -0.1) is 0 Å². The van der Waals surface area contributed by atoms with E-state index in [1.54, 1.807) is 24.3 Å². The minimum Gasteiger partial charge on any atom is -0.387 e. The smallest absolute Gasteiger partial charge is 0.221 e. The first-order chi connectivity index (χ1) is 9.81. The van der Waals surface area contributed by atoms with Crippen LogP contribution in [-0.4, -0.2) is 29.6 Å². The van der Waals surface area contributed by atoms with E-state index < -0.39 is 6.10 Å². The normalized spacial score (nSPS) is 12.5. The Hall–Kier alpha value is -1.90. The van der Waals surface area contributed by atoms with Crippen LogP contribution in [0.4, 0.5) is 0 Å². The summed E-state index contributed by atoms with van der Waals surface area (Å²) in [7, 11) is 0. The van der Waals surface area contributed by atoms with Gasteiger partial charge in [0.15, 0.2) is 0 Å². The molecule has 21 heavy (non-hydrogen) atoms. The molecule has 0 aliphatic heterocycles. The fraction of sp³-hybridized carbons (Fsp3) is 0.500. The number of carbonyl (C=O) groups excluding carboxylic acids is 1. The molecule has 0 radical (unpaired) electrons. The van der Waals surface area contributed by atoms with E-state index in [2.05, 4.69) is 10.6 Å². The summed E-state index contributed by atoms with van der Waals surface area (Å²) in [6.45, 7) is 6.69. The third kappa shape index (κ3) is 6.89. The Labute approximate surface area is 126 Å². The average molecular weight is 289 g/mol. The molecule has 3 N–H and O–H groups in total. The summed E-state index contributed by atoms with van der Waals surface area (Å²) in [6.07, 6.45) is -0.277. The van der Waals surface area contributed by atoms with Gasteiger partial charge in [0.05, 0.1) is 17.7 Å². The van der Waals surface area contributed by atoms with E-state index in [4.69, 9.17) is 5.26 Å². The van der Waals surface area contributed by atoms with Crippen molar-refractivity contribution in [2.75, 3.05) is 13.1 Å². The summed E-state index contributed by atoms with van der Waals surface area (Å²) in [6, 6.07) is 8.85. The second-order valence-electron chi connectivity index (χ2n) is 6.00. The number of hydrogen-bond donors (Lipinski definition) is 3. The molecule has 0 fully saturated rings. The zero-order chi connectivity index (χ0) is 15.9. The molecule has 1 aromatic rings. The van der Waals surface area contributed by atoms with Crippen molar-refractivity contribution in [3.05, 3.63) is 35.4 Å². The van der Waals surface area contributed by atoms with Crippen molar-refractivity contribution < 1.29 is 9.90 Å². The Bertz CT molecular complexity index is 498. The third-order valence-electron chi connectivity index (χ3n) is 2.81. The first-order valence-electron chi connectivity index (χ1n) is 7.01. The number of aliphatic hydroxyl groups excluding tert-OH is 1. The van der Waals surface area contributed by atoms with Crippen molar-refractivity contribution in [1.82, 2.24) is 10.6 Å². The molecule has 0 heterocycles. The second kappa shape index (κ2) is 7.77. The van der Waals surface area contributed by atoms with E-state index in [0.717, 1.165) is 5.56 Å². The zero-order valence-corrected chi connectivity index (χ0v) is 12.8. The Balaban J connectivity index is 2.29. The molecule has 1 unspecified atom stereocenters. The van der Waals surface area contributed by atoms with Gasteiger partial charge in [0.25, 0.3) is 0 Å². The molecule has 0 aliphatic rings. The van der Waals surface area contributed by atoms with E-state index >= 15 is 0 Å². The van der Waals surface area contributed by atoms with Gasteiger partial charge >= 0.3 is 0 Å². The number of nitrogens with zero attached hydrogens (tertiary/aromatic N) is 1. The van der Waals surface area contributed by atoms with E-state index in [1.807, 2.05) is 26.8 Å². The molecule has 5 nitrogen and oxygen atoms in total. The Morgan fingerprint density at radius 2 is 1.95 bits per heavy atom. The fourth-order valence-corrected chi connectivity index (χ4v) is 1.82. The van der Waals surface area contributed by atoms with Crippen LogP contribution in [0.1, 0.15) is 44.4 Å². The van der Waals surface area contributed by atoms with Crippen LogP contribution in [0.15, 0.2) is 24.3 Å². The maximum Gasteiger partial charge on any atom is 0.221 e. The van der Waals surface area contributed by atoms with Gasteiger partial charge in [-0.05, 0) is 38.5 Å². The summed E-state index contributed by atoms with van der Waals surface area (Å²) >= 11 is 0. The standard InChI is InChI=1S/C16H23N3O2/c1-16(2,3)19-15(21)8-9-18-11-14(20)13-6-4-12(10-17)5-7-13/h4-7,14,18,20H,8-9,11H2,1-3H3,(H,19,21). The lowest BCUT2D eigenvalue weighted by atomic mass is 10.1. The van der Waals surface area contributed by atoms with Gasteiger partial charge < -0.3 is 15.7 Å². The lowest BCUT2D eigenvalue weighted by molar-refractivity contribution is -0.122. The highest BCUT2D eigenvalue weighted by molar-refractivity contribution is 5.76. The highest BCUT2D eigenvalue weighted by Crippen LogP contribution is 2.12. The molecule has 114 valence electrons. The first-order valence-corrected chi connectivity index (χ1v) is 7.01. The van der Waals surface area contributed by atoms with Crippen LogP contribution < -0.4 is 10.6 Å². The molecule has 1 aromatic carbocycles. The quantitative estimate of drug-likeness (QED) is 0.693. The second-order valence-corrected chi connectivity index (χ2v) is 6.00. The highest BCUT2D eigenvalue weighted by Gasteiger charge is 2.13. The van der Waals surface area contributed by atoms with Gasteiger partial charge in [0.1, 0.15) is 0 Å². The van der Waals surface area contributed by atoms with Gasteiger partial charge in [-0.2, -0.15) is 5.26 Å². The summed E-state index contributed by atoms with van der Waals surface area (Å²) in [5.41, 5.74) is 1.09. The Kier molecular flexibility index (Phi) is 6.35. The molecule has 0 aliphatic carbocycles. The monoisotopic (exact) mass is 289 g/mol. The average Bonchev–Trinajstić information content (AvgIpc) is 2.41. The van der Waals surface area contributed by atoms with Crippen molar-refractivity contribution in [3.8, 4) is 6.07 Å². The number of aliphatic hydroxyl groups is 1. The lowest BCUT2D eigenvalue weighted by Crippen LogP contribution is -2.41. The van der Waals surface area contributed by atoms with Crippen LogP contribution in [0.2, 0.25) is 0 Å². The summed E-state index contributed by atoms with van der Waals surface area (Å²) in [4.78, 5) is 11.6. The lowest BCUT2D eigenvalue weighted by Gasteiger charge is -2.20. The molecule has 5 heteroatoms. The first kappa shape index (κ1) is 17.2. The van der Waals surface area contributed by atoms with Crippen molar-refractivity contribution >= 4 is 5.91 Å². The zero-order valence-electron chi connectivity index (χ0n) is 12.8. The molecule has 1 rings (SSSR count). The SMILES string of the molecule is CC(C)(C)NC(=O)CCNCC(O)c1ccc(C#N)cc1. The Morgan fingerprint density at radius 1 is 1.33 bits per heavy atom. The maximum atomic E-state index is 11.6. The van der Waals surface area contributed by atoms with Crippen molar-refractivity contribution in [1.29, 1.82) is 5.26 Å². The molecule has 0 aromatic heterocycles. The number of benzene rings is 1. The van der Waals surface area contributed by atoms with Crippen molar-refractivity contribution in [2.45, 2.75) is 38.8 Å². The fourth-order valence-electron chi connectivity index (χ4n) is 1.82. The van der Waals surface area contributed by atoms with E-state index in [-0.39, 0.29) is 11.4 Å². The van der Waals surface area contributed by atoms with Gasteiger partial charge in [-0.25, -0.2) is 0 Å². The largest absolute Gasteiger partial charge is 0.387 e. The molecule has 1 amide bonds. The minimum absolute atomic E-state index is 0.0112. The van der Waals surface area contributed by atoms with Gasteiger partial charge in [-0.3, -0.25) is 4.79 Å². The molecule has 0 bridgehead atoms. The van der Waals surface area contributed by atoms with E-state index in [0.29, 0.717) is 25.1 Å². The molecule has 1 atom stereocenters. The van der Waals surface area contributed by atoms with E-state index in [1.165, 1.54) is 0 Å². The number of rotatable bonds is 6. The molecular formula is C16H23N3O2. The number of hydrogen-bond acceptors (Lipinski definition) is 4. The van der Waals surface area contributed by atoms with Crippen LogP contribution in [0, 0.1) is 11.3 Å². The Morgan fingerprint density at radius 3 is 2.48 bits per heavy atom. The highest BCUT2D eigenvalue weighted by atomic mass is 16.3. The maximum absolute atomic E-state index is 11.6. The van der Waals surface area contributed by atoms with Crippen LogP contribution in [0.3, 0.4) is 0 Å². The molecule has 0 saturated carbocycles. The van der Waals surface area contributed by atoms with Crippen molar-refractivity contribution in [2.24, 2.45) is 0 Å². The summed E-state index contributed by atoms with van der Waals surface area (Å²) in [5, 5.41) is 24.6. The third-order valence-corrected chi connectivity index (χ3v) is 2.81. The van der Waals surface area contributed by atoms with E-state index in [9.17, 15) is 9.90 Å². The van der Waals surface area contributed by atoms with Crippen LogP contribution in [0.25, 0.3) is 0 Å². The summed E-state index contributed by atoms with van der Waals surface area (Å²) in [5.74, 6) is -0.0112. The van der Waals surface area contributed by atoms with Crippen LogP contribution in [0.5, 0.6) is 0 Å². The minimum atomic E-state index is -0.650. The van der Waals surface area contributed by atoms with Crippen molar-refractivity contribution in [3.63, 3.8) is 0 Å². The molecule has 0 spiro atoms. The number of carbonyl (C=O) groups is 1. The topological polar surface area (TPSA) is 85.2 Å².